The third-order valence-electron chi connectivity index (χ3n) is 2.50. The summed E-state index contributed by atoms with van der Waals surface area (Å²) in [7, 11) is 0. The van der Waals surface area contributed by atoms with Gasteiger partial charge in [-0.2, -0.15) is 0 Å². The summed E-state index contributed by atoms with van der Waals surface area (Å²) < 4.78 is 36.5. The number of ether oxygens (including phenoxy) is 2. The maximum atomic E-state index is 13.2. The van der Waals surface area contributed by atoms with Gasteiger partial charge in [-0.05, 0) is 18.6 Å². The summed E-state index contributed by atoms with van der Waals surface area (Å²) in [4.78, 5) is 0. The molecule has 0 aliphatic rings. The number of unbranched alkanes of at least 4 members (excludes halogenated alkanes) is 1. The molecule has 19 heavy (non-hydrogen) atoms. The van der Waals surface area contributed by atoms with E-state index >= 15 is 0 Å². The molecule has 108 valence electrons. The molecule has 0 radical (unpaired) electrons. The van der Waals surface area contributed by atoms with Crippen LogP contribution >= 0.6 is 0 Å². The van der Waals surface area contributed by atoms with Gasteiger partial charge < -0.3 is 14.8 Å². The molecule has 5 heteroatoms. The minimum Gasteiger partial charge on any atom is -0.489 e. The van der Waals surface area contributed by atoms with Crippen LogP contribution in [-0.4, -0.2) is 32.9 Å². The molecule has 0 aromatic heterocycles. The van der Waals surface area contributed by atoms with Crippen LogP contribution in [-0.2, 0) is 4.74 Å². The van der Waals surface area contributed by atoms with Crippen LogP contribution in [0.1, 0.15) is 19.8 Å². The van der Waals surface area contributed by atoms with Gasteiger partial charge in [-0.15, -0.1) is 0 Å². The zero-order valence-electron chi connectivity index (χ0n) is 11.3. The number of nitrogens with one attached hydrogen (secondary N) is 1. The molecule has 1 N–H and O–H groups in total. The molecule has 3 nitrogen and oxygen atoms in total. The first-order chi connectivity index (χ1) is 9.24. The molecule has 1 rings (SSSR count). The quantitative estimate of drug-likeness (QED) is 0.665. The molecule has 0 aliphatic heterocycles. The number of hydrogen-bond acceptors (Lipinski definition) is 3. The smallest absolute Gasteiger partial charge is 0.165 e. The highest BCUT2D eigenvalue weighted by molar-refractivity contribution is 5.24. The Morgan fingerprint density at radius 3 is 2.68 bits per heavy atom. The van der Waals surface area contributed by atoms with E-state index in [0.717, 1.165) is 44.2 Å². The largest absolute Gasteiger partial charge is 0.489 e. The zero-order chi connectivity index (χ0) is 13.9. The summed E-state index contributed by atoms with van der Waals surface area (Å²) in [5.74, 6) is -1.11. The number of rotatable bonds is 10. The third kappa shape index (κ3) is 7.08. The Bertz CT molecular complexity index is 361. The van der Waals surface area contributed by atoms with E-state index in [1.807, 2.05) is 0 Å². The summed E-state index contributed by atoms with van der Waals surface area (Å²) in [5, 5.41) is 3.10. The summed E-state index contributed by atoms with van der Waals surface area (Å²) >= 11 is 0. The minimum absolute atomic E-state index is 0.0546. The molecular weight excluding hydrogens is 252 g/mol. The van der Waals surface area contributed by atoms with Gasteiger partial charge in [0, 0.05) is 25.8 Å². The van der Waals surface area contributed by atoms with Gasteiger partial charge in [-0.1, -0.05) is 13.3 Å². The Labute approximate surface area is 112 Å². The summed E-state index contributed by atoms with van der Waals surface area (Å²) in [5.41, 5.74) is 0. The first-order valence-electron chi connectivity index (χ1n) is 6.60. The highest BCUT2D eigenvalue weighted by Crippen LogP contribution is 2.17. The molecule has 0 saturated carbocycles. The molecule has 1 aromatic rings. The van der Waals surface area contributed by atoms with Gasteiger partial charge in [-0.25, -0.2) is 8.78 Å². The second-order valence-corrected chi connectivity index (χ2v) is 4.14. The summed E-state index contributed by atoms with van der Waals surface area (Å²) in [6, 6.07) is 3.16. The zero-order valence-corrected chi connectivity index (χ0v) is 11.3. The van der Waals surface area contributed by atoms with E-state index in [1.54, 1.807) is 0 Å². The van der Waals surface area contributed by atoms with Crippen LogP contribution in [0.5, 0.6) is 5.75 Å². The Kier molecular flexibility index (Phi) is 8.09. The number of halogens is 2. The minimum atomic E-state index is -0.552. The lowest BCUT2D eigenvalue weighted by Crippen LogP contribution is -2.25. The predicted molar refractivity (Wildman–Crippen MR) is 70.4 cm³/mol. The molecule has 0 aliphatic carbocycles. The molecule has 0 spiro atoms. The molecule has 0 fully saturated rings. The van der Waals surface area contributed by atoms with Gasteiger partial charge in [0.25, 0.3) is 0 Å². The first kappa shape index (κ1) is 15.9. The SMILES string of the molecule is CCCCOCCNCCOc1cc(F)ccc1F. The highest BCUT2D eigenvalue weighted by atomic mass is 19.1. The average molecular weight is 273 g/mol. The highest BCUT2D eigenvalue weighted by Gasteiger charge is 2.04. The van der Waals surface area contributed by atoms with Gasteiger partial charge in [0.2, 0.25) is 0 Å². The molecular formula is C14H21F2NO2. The topological polar surface area (TPSA) is 30.5 Å². The molecule has 0 heterocycles. The lowest BCUT2D eigenvalue weighted by molar-refractivity contribution is 0.132. The number of benzene rings is 1. The lowest BCUT2D eigenvalue weighted by Gasteiger charge is -2.08. The summed E-state index contributed by atoms with van der Waals surface area (Å²) in [6.45, 7) is 5.11. The van der Waals surface area contributed by atoms with E-state index in [2.05, 4.69) is 12.2 Å². The Morgan fingerprint density at radius 2 is 1.89 bits per heavy atom. The van der Waals surface area contributed by atoms with Crippen molar-refractivity contribution in [3.8, 4) is 5.75 Å². The van der Waals surface area contributed by atoms with E-state index < -0.39 is 11.6 Å². The monoisotopic (exact) mass is 273 g/mol. The van der Waals surface area contributed by atoms with Crippen LogP contribution in [0.3, 0.4) is 0 Å². The van der Waals surface area contributed by atoms with Gasteiger partial charge in [0.05, 0.1) is 6.61 Å². The Balaban J connectivity index is 2.03. The fraction of sp³-hybridized carbons (Fsp3) is 0.571. The maximum Gasteiger partial charge on any atom is 0.165 e. The number of hydrogen-bond donors (Lipinski definition) is 1. The van der Waals surface area contributed by atoms with Crippen molar-refractivity contribution in [2.45, 2.75) is 19.8 Å². The second-order valence-electron chi connectivity index (χ2n) is 4.14. The van der Waals surface area contributed by atoms with Crippen molar-refractivity contribution in [2.75, 3.05) is 32.9 Å². The van der Waals surface area contributed by atoms with E-state index in [1.165, 1.54) is 0 Å². The molecule has 0 atom stereocenters. The normalized spacial score (nSPS) is 10.7. The van der Waals surface area contributed by atoms with Gasteiger partial charge in [0.1, 0.15) is 12.4 Å². The van der Waals surface area contributed by atoms with Gasteiger partial charge in [-0.3, -0.25) is 0 Å². The van der Waals surface area contributed by atoms with Crippen LogP contribution in [0, 0.1) is 11.6 Å². The average Bonchev–Trinajstić information content (AvgIpc) is 2.40. The molecule has 0 saturated heterocycles. The fourth-order valence-corrected chi connectivity index (χ4v) is 1.44. The van der Waals surface area contributed by atoms with Crippen molar-refractivity contribution < 1.29 is 18.3 Å². The summed E-state index contributed by atoms with van der Waals surface area (Å²) in [6.07, 6.45) is 2.20. The van der Waals surface area contributed by atoms with Crippen molar-refractivity contribution in [1.29, 1.82) is 0 Å². The third-order valence-corrected chi connectivity index (χ3v) is 2.50. The van der Waals surface area contributed by atoms with Crippen molar-refractivity contribution in [2.24, 2.45) is 0 Å². The van der Waals surface area contributed by atoms with E-state index in [9.17, 15) is 8.78 Å². The van der Waals surface area contributed by atoms with E-state index in [4.69, 9.17) is 9.47 Å². The Hall–Kier alpha value is -1.20. The van der Waals surface area contributed by atoms with E-state index in [0.29, 0.717) is 13.2 Å². The second kappa shape index (κ2) is 9.69. The van der Waals surface area contributed by atoms with Gasteiger partial charge in [0.15, 0.2) is 11.6 Å². The Morgan fingerprint density at radius 1 is 1.11 bits per heavy atom. The van der Waals surface area contributed by atoms with Crippen molar-refractivity contribution in [1.82, 2.24) is 5.32 Å². The van der Waals surface area contributed by atoms with Crippen molar-refractivity contribution in [3.63, 3.8) is 0 Å². The maximum absolute atomic E-state index is 13.2. The van der Waals surface area contributed by atoms with Crippen molar-refractivity contribution >= 4 is 0 Å². The van der Waals surface area contributed by atoms with Crippen LogP contribution < -0.4 is 10.1 Å². The lowest BCUT2D eigenvalue weighted by atomic mass is 10.3. The molecule has 0 bridgehead atoms. The van der Waals surface area contributed by atoms with Crippen LogP contribution in [0.15, 0.2) is 18.2 Å². The van der Waals surface area contributed by atoms with E-state index in [-0.39, 0.29) is 12.4 Å². The standard InChI is InChI=1S/C14H21F2NO2/c1-2-3-8-18-9-6-17-7-10-19-14-11-12(15)4-5-13(14)16/h4-5,11,17H,2-3,6-10H2,1H3. The van der Waals surface area contributed by atoms with Crippen molar-refractivity contribution in [3.05, 3.63) is 29.8 Å². The fourth-order valence-electron chi connectivity index (χ4n) is 1.44. The van der Waals surface area contributed by atoms with Gasteiger partial charge >= 0.3 is 0 Å². The van der Waals surface area contributed by atoms with Crippen LogP contribution in [0.4, 0.5) is 8.78 Å². The predicted octanol–water partition coefficient (Wildman–Crippen LogP) is 2.75. The molecule has 1 aromatic carbocycles. The van der Waals surface area contributed by atoms with Crippen LogP contribution in [0.2, 0.25) is 0 Å². The molecule has 0 amide bonds. The van der Waals surface area contributed by atoms with Crippen LogP contribution in [0.25, 0.3) is 0 Å². The molecule has 0 unspecified atom stereocenters. The first-order valence-corrected chi connectivity index (χ1v) is 6.60.